The number of nitrogens with one attached hydrogen (secondary N) is 1. The molecule has 0 bridgehead atoms. The summed E-state index contributed by atoms with van der Waals surface area (Å²) in [5.74, 6) is 0.00336. The first-order chi connectivity index (χ1) is 20.8. The molecule has 1 saturated carbocycles. The van der Waals surface area contributed by atoms with Crippen molar-refractivity contribution >= 4 is 29.2 Å². The van der Waals surface area contributed by atoms with E-state index in [2.05, 4.69) is 5.32 Å². The molecule has 4 unspecified atom stereocenters. The van der Waals surface area contributed by atoms with Crippen molar-refractivity contribution in [2.24, 2.45) is 11.8 Å². The number of rotatable bonds is 7. The lowest BCUT2D eigenvalue weighted by atomic mass is 9.76. The standard InChI is InChI=1S/C34H38ClN3O5/c1-20-19-27(21(2)43-20)32(39)29-28(22-9-13-26(42-3)14-10-22)31(34(41)37-17-15-36-16-18-37)38(33(40)24-5-4-6-24)30(29)23-7-11-25(35)12-8-23/h7-14,19,24,28-31,36H,4-6,15-18H2,1-3H3. The fourth-order valence-electron chi connectivity index (χ4n) is 7.00. The van der Waals surface area contributed by atoms with Crippen LogP contribution in [-0.2, 0) is 9.59 Å². The number of aryl methyl sites for hydroxylation is 2. The summed E-state index contributed by atoms with van der Waals surface area (Å²) in [6, 6.07) is 15.1. The summed E-state index contributed by atoms with van der Waals surface area (Å²) in [6.45, 7) is 6.05. The molecule has 1 N–H and O–H groups in total. The molecule has 0 radical (unpaired) electrons. The van der Waals surface area contributed by atoms with Gasteiger partial charge in [0.1, 0.15) is 23.3 Å². The van der Waals surface area contributed by atoms with Gasteiger partial charge in [0.2, 0.25) is 11.8 Å². The van der Waals surface area contributed by atoms with E-state index in [1.54, 1.807) is 37.1 Å². The Bertz CT molecular complexity index is 1490. The number of hydrogen-bond donors (Lipinski definition) is 1. The lowest BCUT2D eigenvalue weighted by molar-refractivity contribution is -0.150. The number of piperazine rings is 1. The Morgan fingerprint density at radius 3 is 2.14 bits per heavy atom. The molecular formula is C34H38ClN3O5. The van der Waals surface area contributed by atoms with Crippen molar-refractivity contribution in [2.45, 2.75) is 51.1 Å². The second-order valence-electron chi connectivity index (χ2n) is 11.9. The van der Waals surface area contributed by atoms with Gasteiger partial charge in [-0.15, -0.1) is 0 Å². The van der Waals surface area contributed by atoms with Crippen molar-refractivity contribution in [3.8, 4) is 5.75 Å². The largest absolute Gasteiger partial charge is 0.497 e. The number of nitrogens with zero attached hydrogens (tertiary/aromatic N) is 2. The van der Waals surface area contributed by atoms with Gasteiger partial charge in [-0.2, -0.15) is 0 Å². The van der Waals surface area contributed by atoms with Gasteiger partial charge in [-0.25, -0.2) is 0 Å². The minimum Gasteiger partial charge on any atom is -0.497 e. The van der Waals surface area contributed by atoms with Crippen LogP contribution in [0, 0.1) is 25.7 Å². The maximum atomic E-state index is 14.8. The van der Waals surface area contributed by atoms with Gasteiger partial charge in [-0.3, -0.25) is 14.4 Å². The molecule has 0 spiro atoms. The number of benzene rings is 2. The molecular weight excluding hydrogens is 566 g/mol. The molecule has 2 aromatic carbocycles. The number of halogens is 1. The molecule has 3 fully saturated rings. The number of methoxy groups -OCH3 is 1. The van der Waals surface area contributed by atoms with E-state index >= 15 is 0 Å². The van der Waals surface area contributed by atoms with Crippen LogP contribution >= 0.6 is 11.6 Å². The second-order valence-corrected chi connectivity index (χ2v) is 12.3. The van der Waals surface area contributed by atoms with Crippen LogP contribution in [0.4, 0.5) is 0 Å². The molecule has 2 aliphatic heterocycles. The van der Waals surface area contributed by atoms with Gasteiger partial charge in [0, 0.05) is 43.0 Å². The van der Waals surface area contributed by atoms with Crippen LogP contribution in [0.1, 0.15) is 64.2 Å². The van der Waals surface area contributed by atoms with Crippen LogP contribution in [0.25, 0.3) is 0 Å². The molecule has 1 aromatic heterocycles. The monoisotopic (exact) mass is 603 g/mol. The fraction of sp³-hybridized carbons (Fsp3) is 0.441. The lowest BCUT2D eigenvalue weighted by Crippen LogP contribution is -2.56. The van der Waals surface area contributed by atoms with Gasteiger partial charge in [-0.05, 0) is 68.1 Å². The highest BCUT2D eigenvalue weighted by Crippen LogP contribution is 2.53. The zero-order valence-corrected chi connectivity index (χ0v) is 25.6. The molecule has 9 heteroatoms. The average molecular weight is 604 g/mol. The van der Waals surface area contributed by atoms with Crippen molar-refractivity contribution in [3.63, 3.8) is 0 Å². The van der Waals surface area contributed by atoms with Crippen LogP contribution in [0.5, 0.6) is 5.75 Å². The number of carbonyl (C=O) groups is 3. The van der Waals surface area contributed by atoms with Gasteiger partial charge >= 0.3 is 0 Å². The molecule has 2 amide bonds. The predicted molar refractivity (Wildman–Crippen MR) is 163 cm³/mol. The van der Waals surface area contributed by atoms with E-state index in [4.69, 9.17) is 20.8 Å². The quantitative estimate of drug-likeness (QED) is 0.367. The maximum Gasteiger partial charge on any atom is 0.246 e. The third-order valence-electron chi connectivity index (χ3n) is 9.38. The Kier molecular flexibility index (Phi) is 8.34. The molecule has 6 rings (SSSR count). The van der Waals surface area contributed by atoms with Crippen LogP contribution < -0.4 is 10.1 Å². The third-order valence-corrected chi connectivity index (χ3v) is 9.63. The molecule has 43 heavy (non-hydrogen) atoms. The summed E-state index contributed by atoms with van der Waals surface area (Å²) >= 11 is 6.31. The SMILES string of the molecule is COc1ccc(C2C(C(=O)c3cc(C)oc3C)C(c3ccc(Cl)cc3)N(C(=O)C3CCC3)C2C(=O)N2CCNCC2)cc1. The molecule has 226 valence electrons. The Morgan fingerprint density at radius 1 is 0.930 bits per heavy atom. The second kappa shape index (κ2) is 12.2. The zero-order valence-electron chi connectivity index (χ0n) is 24.8. The Morgan fingerprint density at radius 2 is 1.58 bits per heavy atom. The summed E-state index contributed by atoms with van der Waals surface area (Å²) in [4.78, 5) is 47.6. The van der Waals surface area contributed by atoms with Crippen molar-refractivity contribution < 1.29 is 23.5 Å². The van der Waals surface area contributed by atoms with Crippen molar-refractivity contribution in [1.82, 2.24) is 15.1 Å². The van der Waals surface area contributed by atoms with Crippen LogP contribution in [-0.4, -0.2) is 66.7 Å². The average Bonchev–Trinajstić information content (AvgIpc) is 3.53. The normalized spacial score (nSPS) is 24.1. The van der Waals surface area contributed by atoms with Crippen LogP contribution in [0.2, 0.25) is 5.02 Å². The highest BCUT2D eigenvalue weighted by Gasteiger charge is 2.59. The topological polar surface area (TPSA) is 92.1 Å². The number of likely N-dealkylation sites (tertiary alicyclic amines) is 1. The van der Waals surface area contributed by atoms with E-state index in [0.29, 0.717) is 54.0 Å². The number of carbonyl (C=O) groups excluding carboxylic acids is 3. The molecule has 3 aliphatic rings. The van der Waals surface area contributed by atoms with Crippen LogP contribution in [0.15, 0.2) is 59.0 Å². The first kappa shape index (κ1) is 29.5. The lowest BCUT2D eigenvalue weighted by Gasteiger charge is -2.39. The van der Waals surface area contributed by atoms with Crippen molar-refractivity contribution in [1.29, 1.82) is 0 Å². The number of Topliss-reactive ketones (excluding diaryl/α,β-unsaturated/α-hetero) is 1. The van der Waals surface area contributed by atoms with E-state index < -0.39 is 23.9 Å². The smallest absolute Gasteiger partial charge is 0.246 e. The van der Waals surface area contributed by atoms with Crippen molar-refractivity contribution in [3.05, 3.63) is 87.8 Å². The van der Waals surface area contributed by atoms with Crippen molar-refractivity contribution in [2.75, 3.05) is 33.3 Å². The number of ketones is 1. The minimum absolute atomic E-state index is 0.0615. The van der Waals surface area contributed by atoms with E-state index in [9.17, 15) is 14.4 Å². The highest BCUT2D eigenvalue weighted by atomic mass is 35.5. The number of ether oxygens (including phenoxy) is 1. The number of amides is 2. The molecule has 4 atom stereocenters. The number of hydrogen-bond acceptors (Lipinski definition) is 6. The van der Waals surface area contributed by atoms with E-state index in [1.807, 2.05) is 48.2 Å². The summed E-state index contributed by atoms with van der Waals surface area (Å²) in [7, 11) is 1.60. The molecule has 3 heterocycles. The van der Waals surface area contributed by atoms with Gasteiger partial charge in [0.25, 0.3) is 0 Å². The summed E-state index contributed by atoms with van der Waals surface area (Å²) in [6.07, 6.45) is 2.54. The maximum absolute atomic E-state index is 14.8. The van der Waals surface area contributed by atoms with Crippen LogP contribution in [0.3, 0.4) is 0 Å². The summed E-state index contributed by atoms with van der Waals surface area (Å²) in [5, 5.41) is 3.88. The summed E-state index contributed by atoms with van der Waals surface area (Å²) in [5.41, 5.74) is 2.07. The van der Waals surface area contributed by atoms with Gasteiger partial charge in [0.15, 0.2) is 5.78 Å². The zero-order chi connectivity index (χ0) is 30.2. The van der Waals surface area contributed by atoms with E-state index in [-0.39, 0.29) is 23.5 Å². The Hall–Kier alpha value is -3.62. The van der Waals surface area contributed by atoms with E-state index in [0.717, 1.165) is 30.4 Å². The van der Waals surface area contributed by atoms with Gasteiger partial charge in [-0.1, -0.05) is 42.3 Å². The Balaban J connectivity index is 1.58. The van der Waals surface area contributed by atoms with Gasteiger partial charge in [0.05, 0.1) is 24.6 Å². The van der Waals surface area contributed by atoms with Gasteiger partial charge < -0.3 is 24.3 Å². The third kappa shape index (κ3) is 5.47. The first-order valence-electron chi connectivity index (χ1n) is 15.1. The predicted octanol–water partition coefficient (Wildman–Crippen LogP) is 5.33. The molecule has 1 aliphatic carbocycles. The fourth-order valence-corrected chi connectivity index (χ4v) is 7.13. The highest BCUT2D eigenvalue weighted by molar-refractivity contribution is 6.30. The minimum atomic E-state index is -0.859. The first-order valence-corrected chi connectivity index (χ1v) is 15.5. The molecule has 2 saturated heterocycles. The summed E-state index contributed by atoms with van der Waals surface area (Å²) < 4.78 is 11.3. The number of furan rings is 1. The molecule has 3 aromatic rings. The molecule has 8 nitrogen and oxygen atoms in total. The van der Waals surface area contributed by atoms with E-state index in [1.165, 1.54) is 0 Å². The Labute approximate surface area is 257 Å².